The van der Waals surface area contributed by atoms with Crippen LogP contribution < -0.4 is 0 Å². The van der Waals surface area contributed by atoms with Crippen LogP contribution in [0.3, 0.4) is 0 Å². The highest BCUT2D eigenvalue weighted by atomic mass is 79.9. The number of benzene rings is 3. The maximum Gasteiger partial charge on any atom is 0.297 e. The van der Waals surface area contributed by atoms with Crippen molar-refractivity contribution in [2.45, 2.75) is 35.7 Å². The second kappa shape index (κ2) is 6.83. The van der Waals surface area contributed by atoms with Crippen LogP contribution in [0.4, 0.5) is 0 Å². The van der Waals surface area contributed by atoms with Crippen LogP contribution >= 0.6 is 15.9 Å². The minimum Gasteiger partial charge on any atom is -0.262 e. The molecular formula is C23H19BrO3S. The smallest absolute Gasteiger partial charge is 0.262 e. The molecule has 28 heavy (non-hydrogen) atoms. The van der Waals surface area contributed by atoms with Crippen molar-refractivity contribution in [2.75, 3.05) is 0 Å². The lowest BCUT2D eigenvalue weighted by Crippen LogP contribution is -2.27. The average molecular weight is 455 g/mol. The highest BCUT2D eigenvalue weighted by Crippen LogP contribution is 2.51. The Bertz CT molecular complexity index is 1090. The van der Waals surface area contributed by atoms with Crippen molar-refractivity contribution < 1.29 is 12.6 Å². The van der Waals surface area contributed by atoms with Crippen LogP contribution in [-0.2, 0) is 14.3 Å². The lowest BCUT2D eigenvalue weighted by molar-refractivity contribution is 0.183. The van der Waals surface area contributed by atoms with E-state index in [4.69, 9.17) is 4.18 Å². The van der Waals surface area contributed by atoms with E-state index in [0.717, 1.165) is 10.9 Å². The molecule has 1 atom stereocenters. The summed E-state index contributed by atoms with van der Waals surface area (Å²) in [6.07, 6.45) is 1.17. The molecule has 3 aliphatic carbocycles. The molecule has 3 nitrogen and oxygen atoms in total. The highest BCUT2D eigenvalue weighted by Gasteiger charge is 2.42. The van der Waals surface area contributed by atoms with Crippen LogP contribution in [0, 0.1) is 0 Å². The lowest BCUT2D eigenvalue weighted by Gasteiger charge is -2.32. The Kier molecular flexibility index (Phi) is 4.42. The van der Waals surface area contributed by atoms with Gasteiger partial charge in [-0.15, -0.1) is 0 Å². The van der Waals surface area contributed by atoms with Gasteiger partial charge in [0.2, 0.25) is 0 Å². The van der Waals surface area contributed by atoms with E-state index in [1.165, 1.54) is 22.3 Å². The molecule has 0 aliphatic heterocycles. The normalized spacial score (nSPS) is 23.0. The summed E-state index contributed by atoms with van der Waals surface area (Å²) >= 11 is 3.35. The number of fused-ring (bicyclic) bond motifs is 2. The molecule has 3 aromatic carbocycles. The Hall–Kier alpha value is -1.95. The van der Waals surface area contributed by atoms with Crippen LogP contribution in [-0.4, -0.2) is 14.5 Å². The van der Waals surface area contributed by atoms with Crippen molar-refractivity contribution in [1.29, 1.82) is 0 Å². The van der Waals surface area contributed by atoms with E-state index in [-0.39, 0.29) is 10.8 Å². The first-order valence-corrected chi connectivity index (χ1v) is 11.6. The van der Waals surface area contributed by atoms with Crippen molar-refractivity contribution in [3.05, 3.63) is 99.5 Å². The Morgan fingerprint density at radius 3 is 1.86 bits per heavy atom. The summed E-state index contributed by atoms with van der Waals surface area (Å²) in [4.78, 5) is 0.191. The molecule has 0 N–H and O–H groups in total. The van der Waals surface area contributed by atoms with Crippen molar-refractivity contribution in [3.8, 4) is 0 Å². The molecule has 3 aliphatic rings. The summed E-state index contributed by atoms with van der Waals surface area (Å²) in [5.74, 6) is 0.226. The first-order valence-electron chi connectivity index (χ1n) is 9.41. The van der Waals surface area contributed by atoms with Crippen molar-refractivity contribution in [2.24, 2.45) is 0 Å². The van der Waals surface area contributed by atoms with Crippen LogP contribution in [0.5, 0.6) is 0 Å². The third-order valence-corrected chi connectivity index (χ3v) is 7.76. The van der Waals surface area contributed by atoms with Gasteiger partial charge in [0.15, 0.2) is 0 Å². The largest absolute Gasteiger partial charge is 0.297 e. The molecule has 0 heterocycles. The van der Waals surface area contributed by atoms with Crippen LogP contribution in [0.1, 0.15) is 46.9 Å². The van der Waals surface area contributed by atoms with Gasteiger partial charge in [-0.05, 0) is 59.4 Å². The van der Waals surface area contributed by atoms with Gasteiger partial charge in [0.25, 0.3) is 10.1 Å². The summed E-state index contributed by atoms with van der Waals surface area (Å²) in [5, 5.41) is 0. The second-order valence-corrected chi connectivity index (χ2v) is 9.90. The summed E-state index contributed by atoms with van der Waals surface area (Å²) in [6, 6.07) is 23.4. The monoisotopic (exact) mass is 454 g/mol. The van der Waals surface area contributed by atoms with Crippen LogP contribution in [0.2, 0.25) is 0 Å². The summed E-state index contributed by atoms with van der Waals surface area (Å²) in [5.41, 5.74) is 5.00. The molecule has 142 valence electrons. The zero-order chi connectivity index (χ0) is 19.3. The van der Waals surface area contributed by atoms with Crippen molar-refractivity contribution in [3.63, 3.8) is 0 Å². The number of hydrogen-bond acceptors (Lipinski definition) is 3. The summed E-state index contributed by atoms with van der Waals surface area (Å²) < 4.78 is 32.7. The Morgan fingerprint density at radius 2 is 1.29 bits per heavy atom. The van der Waals surface area contributed by atoms with Gasteiger partial charge in [-0.3, -0.25) is 4.18 Å². The molecule has 3 aromatic rings. The van der Waals surface area contributed by atoms with Gasteiger partial charge in [-0.2, -0.15) is 8.42 Å². The Labute approximate surface area is 173 Å². The predicted octanol–water partition coefficient (Wildman–Crippen LogP) is 5.59. The molecule has 0 saturated carbocycles. The fourth-order valence-corrected chi connectivity index (χ4v) is 6.07. The number of halogens is 1. The molecular weight excluding hydrogens is 436 g/mol. The summed E-state index contributed by atoms with van der Waals surface area (Å²) in [6.45, 7) is 0. The van der Waals surface area contributed by atoms with Crippen LogP contribution in [0.25, 0.3) is 0 Å². The standard InChI is InChI=1S/C23H19BrO3S/c24-15-9-11-16(12-10-15)28(25,26)27-22-14-13-19-17-5-1-3-7-20(17)23(22)21-8-4-2-6-18(19)21/h1-12,19,22-23H,13-14H2/t19?,22-,23?/m0/s1. The van der Waals surface area contributed by atoms with E-state index in [2.05, 4.69) is 52.3 Å². The Morgan fingerprint density at radius 1 is 0.750 bits per heavy atom. The van der Waals surface area contributed by atoms with Crippen molar-refractivity contribution in [1.82, 2.24) is 0 Å². The van der Waals surface area contributed by atoms with Gasteiger partial charge >= 0.3 is 0 Å². The van der Waals surface area contributed by atoms with Gasteiger partial charge in [-0.25, -0.2) is 0 Å². The molecule has 0 fully saturated rings. The molecule has 0 radical (unpaired) electrons. The maximum absolute atomic E-state index is 13.0. The third-order valence-electron chi connectivity index (χ3n) is 5.88. The fourth-order valence-electron chi connectivity index (χ4n) is 4.69. The van der Waals surface area contributed by atoms with Crippen LogP contribution in [0.15, 0.2) is 82.2 Å². The molecule has 2 bridgehead atoms. The van der Waals surface area contributed by atoms with E-state index < -0.39 is 16.2 Å². The minimum atomic E-state index is -3.84. The SMILES string of the molecule is O=S(=O)(O[C@H]1CCC2c3ccccc3C1c1ccccc12)c1ccc(Br)cc1. The predicted molar refractivity (Wildman–Crippen MR) is 112 cm³/mol. The third kappa shape index (κ3) is 2.93. The zero-order valence-corrected chi connectivity index (χ0v) is 17.5. The molecule has 6 rings (SSSR count). The molecule has 0 spiro atoms. The van der Waals surface area contributed by atoms with E-state index in [1.54, 1.807) is 24.3 Å². The Balaban J connectivity index is 1.59. The van der Waals surface area contributed by atoms with Crippen molar-refractivity contribution >= 4 is 26.0 Å². The highest BCUT2D eigenvalue weighted by molar-refractivity contribution is 9.10. The van der Waals surface area contributed by atoms with E-state index in [9.17, 15) is 8.42 Å². The van der Waals surface area contributed by atoms with Gasteiger partial charge in [0, 0.05) is 16.3 Å². The molecule has 0 aromatic heterocycles. The lowest BCUT2D eigenvalue weighted by atomic mass is 9.73. The molecule has 0 amide bonds. The van der Waals surface area contributed by atoms with Gasteiger partial charge in [-0.1, -0.05) is 64.5 Å². The number of hydrogen-bond donors (Lipinski definition) is 0. The van der Waals surface area contributed by atoms with E-state index in [0.29, 0.717) is 12.3 Å². The first-order chi connectivity index (χ1) is 13.5. The molecule has 5 heteroatoms. The second-order valence-electron chi connectivity index (χ2n) is 7.41. The van der Waals surface area contributed by atoms with Gasteiger partial charge in [0.1, 0.15) is 0 Å². The molecule has 0 unspecified atom stereocenters. The minimum absolute atomic E-state index is 0.0728. The fraction of sp³-hybridized carbons (Fsp3) is 0.217. The number of rotatable bonds is 3. The van der Waals surface area contributed by atoms with Gasteiger partial charge in [0.05, 0.1) is 11.0 Å². The quantitative estimate of drug-likeness (QED) is 0.484. The average Bonchev–Trinajstić information content (AvgIpc) is 2.95. The maximum atomic E-state index is 13.0. The van der Waals surface area contributed by atoms with E-state index >= 15 is 0 Å². The van der Waals surface area contributed by atoms with E-state index in [1.807, 2.05) is 12.1 Å². The molecule has 0 saturated heterocycles. The first kappa shape index (κ1) is 18.1. The zero-order valence-electron chi connectivity index (χ0n) is 15.1. The van der Waals surface area contributed by atoms with Gasteiger partial charge < -0.3 is 0 Å². The topological polar surface area (TPSA) is 43.4 Å². The summed E-state index contributed by atoms with van der Waals surface area (Å²) in [7, 11) is -3.84.